The summed E-state index contributed by atoms with van der Waals surface area (Å²) in [5, 5.41) is 12.0. The summed E-state index contributed by atoms with van der Waals surface area (Å²) in [6, 6.07) is 11.6. The van der Waals surface area contributed by atoms with E-state index in [4.69, 9.17) is 4.42 Å². The summed E-state index contributed by atoms with van der Waals surface area (Å²) in [4.78, 5) is 12.2. The van der Waals surface area contributed by atoms with Gasteiger partial charge in [-0.15, -0.1) is 10.2 Å². The molecule has 0 saturated carbocycles. The highest BCUT2D eigenvalue weighted by Gasteiger charge is 2.16. The second-order valence-electron chi connectivity index (χ2n) is 5.81. The summed E-state index contributed by atoms with van der Waals surface area (Å²) < 4.78 is 7.34. The van der Waals surface area contributed by atoms with Crippen LogP contribution >= 0.6 is 11.8 Å². The molecular weight excluding hydrogens is 348 g/mol. The summed E-state index contributed by atoms with van der Waals surface area (Å²) in [6.45, 7) is 4.86. The van der Waals surface area contributed by atoms with Gasteiger partial charge in [0.2, 0.25) is 5.91 Å². The topological polar surface area (TPSA) is 73.0 Å². The monoisotopic (exact) mass is 370 g/mol. The number of aromatic nitrogens is 3. The highest BCUT2D eigenvalue weighted by atomic mass is 32.2. The van der Waals surface area contributed by atoms with E-state index in [1.165, 1.54) is 17.3 Å². The molecule has 7 heteroatoms. The van der Waals surface area contributed by atoms with Crippen LogP contribution in [0.5, 0.6) is 0 Å². The predicted molar refractivity (Wildman–Crippen MR) is 103 cm³/mol. The fraction of sp³-hybridized carbons (Fsp3) is 0.316. The van der Waals surface area contributed by atoms with E-state index in [9.17, 15) is 4.79 Å². The summed E-state index contributed by atoms with van der Waals surface area (Å²) in [5.74, 6) is 1.55. The van der Waals surface area contributed by atoms with Gasteiger partial charge in [0.15, 0.2) is 16.7 Å². The summed E-state index contributed by atoms with van der Waals surface area (Å²) in [7, 11) is 0. The van der Waals surface area contributed by atoms with E-state index in [1.807, 2.05) is 35.8 Å². The number of carbonyl (C=O) groups excluding carboxylic acids is 1. The molecule has 3 rings (SSSR count). The van der Waals surface area contributed by atoms with Crippen LogP contribution in [0, 0.1) is 0 Å². The van der Waals surface area contributed by atoms with Crippen LogP contribution in [0.4, 0.5) is 5.69 Å². The summed E-state index contributed by atoms with van der Waals surface area (Å²) in [5.41, 5.74) is 2.09. The first-order valence-corrected chi connectivity index (χ1v) is 9.68. The molecule has 6 nitrogen and oxygen atoms in total. The van der Waals surface area contributed by atoms with Crippen LogP contribution in [0.2, 0.25) is 0 Å². The van der Waals surface area contributed by atoms with Gasteiger partial charge in [-0.1, -0.05) is 37.2 Å². The molecule has 0 radical (unpaired) electrons. The SMILES string of the molecule is CCCc1ccc(NC(=O)CSc2nnc(-c3ccco3)n2CC)cc1. The van der Waals surface area contributed by atoms with Gasteiger partial charge in [-0.3, -0.25) is 9.36 Å². The number of rotatable bonds is 8. The first-order chi connectivity index (χ1) is 12.7. The first kappa shape index (κ1) is 18.3. The number of amides is 1. The fourth-order valence-electron chi connectivity index (χ4n) is 2.64. The molecule has 136 valence electrons. The zero-order valence-corrected chi connectivity index (χ0v) is 15.8. The van der Waals surface area contributed by atoms with Gasteiger partial charge in [-0.05, 0) is 43.2 Å². The number of benzene rings is 1. The van der Waals surface area contributed by atoms with Crippen molar-refractivity contribution in [2.75, 3.05) is 11.1 Å². The number of thioether (sulfide) groups is 1. The minimum absolute atomic E-state index is 0.0663. The third kappa shape index (κ3) is 4.35. The molecule has 3 aromatic rings. The lowest BCUT2D eigenvalue weighted by Gasteiger charge is -2.07. The van der Waals surface area contributed by atoms with Crippen molar-refractivity contribution in [3.63, 3.8) is 0 Å². The van der Waals surface area contributed by atoms with Crippen LogP contribution < -0.4 is 5.32 Å². The molecule has 0 aliphatic rings. The Morgan fingerprint density at radius 1 is 1.19 bits per heavy atom. The van der Waals surface area contributed by atoms with Gasteiger partial charge in [-0.25, -0.2) is 0 Å². The maximum atomic E-state index is 12.2. The van der Waals surface area contributed by atoms with Crippen LogP contribution in [0.25, 0.3) is 11.6 Å². The van der Waals surface area contributed by atoms with Gasteiger partial charge in [0.1, 0.15) is 0 Å². The molecule has 2 heterocycles. The molecule has 1 N–H and O–H groups in total. The molecule has 1 aromatic carbocycles. The quantitative estimate of drug-likeness (QED) is 0.600. The molecule has 0 aliphatic carbocycles. The minimum atomic E-state index is -0.0663. The number of hydrogen-bond donors (Lipinski definition) is 1. The Morgan fingerprint density at radius 3 is 2.65 bits per heavy atom. The van der Waals surface area contributed by atoms with E-state index in [1.54, 1.807) is 6.26 Å². The molecule has 2 aromatic heterocycles. The van der Waals surface area contributed by atoms with Crippen molar-refractivity contribution in [2.24, 2.45) is 0 Å². The van der Waals surface area contributed by atoms with E-state index in [-0.39, 0.29) is 11.7 Å². The van der Waals surface area contributed by atoms with E-state index in [0.717, 1.165) is 18.5 Å². The maximum absolute atomic E-state index is 12.2. The van der Waals surface area contributed by atoms with Crippen molar-refractivity contribution in [1.29, 1.82) is 0 Å². The number of furan rings is 1. The fourth-order valence-corrected chi connectivity index (χ4v) is 3.44. The van der Waals surface area contributed by atoms with Gasteiger partial charge in [0.25, 0.3) is 0 Å². The molecule has 0 saturated heterocycles. The molecule has 0 aliphatic heterocycles. The second kappa shape index (κ2) is 8.71. The Hall–Kier alpha value is -2.54. The molecule has 0 fully saturated rings. The van der Waals surface area contributed by atoms with Crippen molar-refractivity contribution >= 4 is 23.4 Å². The maximum Gasteiger partial charge on any atom is 0.234 e. The number of nitrogens with zero attached hydrogens (tertiary/aromatic N) is 3. The van der Waals surface area contributed by atoms with Crippen molar-refractivity contribution in [3.05, 3.63) is 48.2 Å². The van der Waals surface area contributed by atoms with Gasteiger partial charge < -0.3 is 9.73 Å². The molecule has 0 unspecified atom stereocenters. The van der Waals surface area contributed by atoms with Crippen LogP contribution in [0.3, 0.4) is 0 Å². The largest absolute Gasteiger partial charge is 0.461 e. The van der Waals surface area contributed by atoms with Crippen LogP contribution in [0.1, 0.15) is 25.8 Å². The van der Waals surface area contributed by atoms with Crippen LogP contribution in [-0.2, 0) is 17.8 Å². The number of carbonyl (C=O) groups is 1. The second-order valence-corrected chi connectivity index (χ2v) is 6.75. The van der Waals surface area contributed by atoms with Crippen molar-refractivity contribution < 1.29 is 9.21 Å². The summed E-state index contributed by atoms with van der Waals surface area (Å²) in [6.07, 6.45) is 3.77. The number of hydrogen-bond acceptors (Lipinski definition) is 5. The first-order valence-electron chi connectivity index (χ1n) is 8.70. The number of anilines is 1. The average Bonchev–Trinajstić information content (AvgIpc) is 3.31. The molecule has 0 atom stereocenters. The lowest BCUT2D eigenvalue weighted by atomic mass is 10.1. The molecular formula is C19H22N4O2S. The standard InChI is InChI=1S/C19H22N4O2S/c1-3-6-14-8-10-15(11-9-14)20-17(24)13-26-19-22-21-18(23(19)4-2)16-7-5-12-25-16/h5,7-12H,3-4,6,13H2,1-2H3,(H,20,24). The smallest absolute Gasteiger partial charge is 0.234 e. The minimum Gasteiger partial charge on any atom is -0.461 e. The highest BCUT2D eigenvalue weighted by molar-refractivity contribution is 7.99. The molecule has 0 spiro atoms. The normalized spacial score (nSPS) is 10.8. The summed E-state index contributed by atoms with van der Waals surface area (Å²) >= 11 is 1.36. The average molecular weight is 370 g/mol. The van der Waals surface area contributed by atoms with Crippen molar-refractivity contribution in [1.82, 2.24) is 14.8 Å². The van der Waals surface area contributed by atoms with Gasteiger partial charge in [-0.2, -0.15) is 0 Å². The van der Waals surface area contributed by atoms with Gasteiger partial charge in [0.05, 0.1) is 12.0 Å². The molecule has 26 heavy (non-hydrogen) atoms. The lowest BCUT2D eigenvalue weighted by molar-refractivity contribution is -0.113. The van der Waals surface area contributed by atoms with E-state index < -0.39 is 0 Å². The van der Waals surface area contributed by atoms with Gasteiger partial charge in [0, 0.05) is 12.2 Å². The van der Waals surface area contributed by atoms with Gasteiger partial charge >= 0.3 is 0 Å². The Morgan fingerprint density at radius 2 is 2.00 bits per heavy atom. The Kier molecular flexibility index (Phi) is 6.12. The van der Waals surface area contributed by atoms with Crippen LogP contribution in [0.15, 0.2) is 52.2 Å². The zero-order chi connectivity index (χ0) is 18.4. The molecule has 0 bridgehead atoms. The lowest BCUT2D eigenvalue weighted by Crippen LogP contribution is -2.14. The third-order valence-electron chi connectivity index (χ3n) is 3.88. The number of aryl methyl sites for hydroxylation is 1. The van der Waals surface area contributed by atoms with E-state index in [2.05, 4.69) is 34.6 Å². The molecule has 1 amide bonds. The number of nitrogens with one attached hydrogen (secondary N) is 1. The highest BCUT2D eigenvalue weighted by Crippen LogP contribution is 2.24. The Bertz CT molecular complexity index is 841. The zero-order valence-electron chi connectivity index (χ0n) is 14.9. The van der Waals surface area contributed by atoms with Crippen molar-refractivity contribution in [3.8, 4) is 11.6 Å². The van der Waals surface area contributed by atoms with Crippen molar-refractivity contribution in [2.45, 2.75) is 38.4 Å². The Labute approximate surface area is 157 Å². The predicted octanol–water partition coefficient (Wildman–Crippen LogP) is 4.24. The Balaban J connectivity index is 1.59. The van der Waals surface area contributed by atoms with Crippen LogP contribution in [-0.4, -0.2) is 26.4 Å². The van der Waals surface area contributed by atoms with E-state index >= 15 is 0 Å². The van der Waals surface area contributed by atoms with E-state index in [0.29, 0.717) is 23.3 Å². The third-order valence-corrected chi connectivity index (χ3v) is 4.85.